The predicted octanol–water partition coefficient (Wildman–Crippen LogP) is 0.446. The first kappa shape index (κ1) is 19.4. The number of aromatic nitrogens is 2. The minimum absolute atomic E-state index is 0.0515. The monoisotopic (exact) mass is 399 g/mol. The Morgan fingerprint density at radius 2 is 2.03 bits per heavy atom. The van der Waals surface area contributed by atoms with Crippen molar-refractivity contribution < 1.29 is 14.0 Å². The highest BCUT2D eigenvalue weighted by atomic mass is 16.4. The third-order valence-corrected chi connectivity index (χ3v) is 5.89. The van der Waals surface area contributed by atoms with Crippen LogP contribution in [0.3, 0.4) is 0 Å². The van der Waals surface area contributed by atoms with Crippen LogP contribution in [0.25, 0.3) is 0 Å². The Morgan fingerprint density at radius 3 is 2.69 bits per heavy atom. The quantitative estimate of drug-likeness (QED) is 0.772. The molecule has 0 bridgehead atoms. The lowest BCUT2D eigenvalue weighted by Crippen LogP contribution is -2.39. The molecule has 0 radical (unpaired) electrons. The standard InChI is InChI=1S/C20H25N5O4/c1-11-9-15(12-3-6-22-7-4-12)29-20(28)16(11)19(27)25-8-5-14-13(10-25)17(18(21)26)23-24(14)2/h9,12,22H,3-8,10H2,1-2H3,(H2,21,26). The molecule has 1 saturated heterocycles. The Bertz CT molecular complexity index is 1030. The van der Waals surface area contributed by atoms with Crippen LogP contribution in [0.5, 0.6) is 0 Å². The number of nitrogens with one attached hydrogen (secondary N) is 1. The first-order valence-electron chi connectivity index (χ1n) is 9.86. The molecule has 0 spiro atoms. The SMILES string of the molecule is Cc1cc(C2CCNCC2)oc(=O)c1C(=O)N1CCc2c(c(C(N)=O)nn2C)C1. The number of primary amides is 1. The van der Waals surface area contributed by atoms with E-state index in [-0.39, 0.29) is 23.7 Å². The number of nitrogens with two attached hydrogens (primary N) is 1. The first-order valence-corrected chi connectivity index (χ1v) is 9.86. The fraction of sp³-hybridized carbons (Fsp3) is 0.500. The number of carbonyl (C=O) groups excluding carboxylic acids is 2. The average molecular weight is 399 g/mol. The van der Waals surface area contributed by atoms with E-state index in [0.717, 1.165) is 31.6 Å². The van der Waals surface area contributed by atoms with Gasteiger partial charge in [-0.05, 0) is 44.5 Å². The van der Waals surface area contributed by atoms with Crippen molar-refractivity contribution in [2.24, 2.45) is 12.8 Å². The molecule has 0 saturated carbocycles. The van der Waals surface area contributed by atoms with Crippen LogP contribution in [0.2, 0.25) is 0 Å². The smallest absolute Gasteiger partial charge is 0.349 e. The lowest BCUT2D eigenvalue weighted by molar-refractivity contribution is 0.0725. The Balaban J connectivity index is 1.62. The van der Waals surface area contributed by atoms with Crippen molar-refractivity contribution in [3.8, 4) is 0 Å². The van der Waals surface area contributed by atoms with Gasteiger partial charge < -0.3 is 20.4 Å². The van der Waals surface area contributed by atoms with Crippen LogP contribution >= 0.6 is 0 Å². The molecule has 0 aromatic carbocycles. The molecule has 4 rings (SSSR count). The third kappa shape index (κ3) is 3.46. The van der Waals surface area contributed by atoms with Crippen molar-refractivity contribution in [1.29, 1.82) is 0 Å². The van der Waals surface area contributed by atoms with Gasteiger partial charge in [-0.2, -0.15) is 5.10 Å². The van der Waals surface area contributed by atoms with Gasteiger partial charge in [-0.3, -0.25) is 14.3 Å². The Morgan fingerprint density at radius 1 is 1.31 bits per heavy atom. The molecule has 2 aliphatic rings. The molecule has 3 N–H and O–H groups in total. The minimum atomic E-state index is -0.627. The van der Waals surface area contributed by atoms with Gasteiger partial charge in [0.1, 0.15) is 11.3 Å². The molecule has 0 aliphatic carbocycles. The van der Waals surface area contributed by atoms with Crippen LogP contribution in [0.15, 0.2) is 15.3 Å². The summed E-state index contributed by atoms with van der Waals surface area (Å²) in [6.45, 7) is 4.16. The molecule has 154 valence electrons. The molecule has 4 heterocycles. The number of aryl methyl sites for hydroxylation is 2. The van der Waals surface area contributed by atoms with Crippen LogP contribution in [-0.2, 0) is 20.0 Å². The zero-order valence-corrected chi connectivity index (χ0v) is 16.7. The summed E-state index contributed by atoms with van der Waals surface area (Å²) in [5.74, 6) is -0.177. The van der Waals surface area contributed by atoms with E-state index in [0.29, 0.717) is 29.9 Å². The van der Waals surface area contributed by atoms with Crippen molar-refractivity contribution >= 4 is 11.8 Å². The number of hydrogen-bond donors (Lipinski definition) is 2. The van der Waals surface area contributed by atoms with Crippen molar-refractivity contribution in [1.82, 2.24) is 20.0 Å². The number of nitrogens with zero attached hydrogens (tertiary/aromatic N) is 3. The summed E-state index contributed by atoms with van der Waals surface area (Å²) in [5, 5.41) is 7.46. The van der Waals surface area contributed by atoms with E-state index in [9.17, 15) is 14.4 Å². The highest BCUT2D eigenvalue weighted by Gasteiger charge is 2.31. The molecular weight excluding hydrogens is 374 g/mol. The van der Waals surface area contributed by atoms with Crippen molar-refractivity contribution in [3.05, 3.63) is 50.3 Å². The lowest BCUT2D eigenvalue weighted by Gasteiger charge is -2.28. The number of fused-ring (bicyclic) bond motifs is 1. The molecule has 9 nitrogen and oxygen atoms in total. The van der Waals surface area contributed by atoms with E-state index in [1.165, 1.54) is 0 Å². The van der Waals surface area contributed by atoms with E-state index in [1.54, 1.807) is 23.6 Å². The maximum absolute atomic E-state index is 13.1. The number of hydrogen-bond acceptors (Lipinski definition) is 6. The summed E-state index contributed by atoms with van der Waals surface area (Å²) in [4.78, 5) is 39.1. The summed E-state index contributed by atoms with van der Waals surface area (Å²) in [5.41, 5.74) is 7.20. The van der Waals surface area contributed by atoms with Gasteiger partial charge in [0.25, 0.3) is 11.8 Å². The molecule has 29 heavy (non-hydrogen) atoms. The van der Waals surface area contributed by atoms with Crippen molar-refractivity contribution in [2.75, 3.05) is 19.6 Å². The van der Waals surface area contributed by atoms with Crippen LogP contribution < -0.4 is 16.7 Å². The number of rotatable bonds is 3. The highest BCUT2D eigenvalue weighted by Crippen LogP contribution is 2.27. The second-order valence-electron chi connectivity index (χ2n) is 7.76. The van der Waals surface area contributed by atoms with E-state index in [4.69, 9.17) is 10.2 Å². The zero-order valence-electron chi connectivity index (χ0n) is 16.7. The fourth-order valence-corrected chi connectivity index (χ4v) is 4.32. The second kappa shape index (κ2) is 7.47. The zero-order chi connectivity index (χ0) is 20.7. The molecule has 2 aliphatic heterocycles. The van der Waals surface area contributed by atoms with Crippen LogP contribution in [0.4, 0.5) is 0 Å². The molecule has 0 atom stereocenters. The van der Waals surface area contributed by atoms with Crippen molar-refractivity contribution in [3.63, 3.8) is 0 Å². The van der Waals surface area contributed by atoms with Gasteiger partial charge in [-0.25, -0.2) is 4.79 Å². The van der Waals surface area contributed by atoms with Gasteiger partial charge in [0.05, 0.1) is 6.54 Å². The van der Waals surface area contributed by atoms with Gasteiger partial charge >= 0.3 is 5.63 Å². The van der Waals surface area contributed by atoms with Gasteiger partial charge in [-0.15, -0.1) is 0 Å². The number of carbonyl (C=O) groups is 2. The Hall–Kier alpha value is -2.94. The summed E-state index contributed by atoms with van der Waals surface area (Å²) in [7, 11) is 1.75. The van der Waals surface area contributed by atoms with Gasteiger partial charge in [-0.1, -0.05) is 0 Å². The van der Waals surface area contributed by atoms with Crippen molar-refractivity contribution in [2.45, 2.75) is 38.6 Å². The van der Waals surface area contributed by atoms with E-state index >= 15 is 0 Å². The fourth-order valence-electron chi connectivity index (χ4n) is 4.32. The Kier molecular flexibility index (Phi) is 4.99. The van der Waals surface area contributed by atoms with Gasteiger partial charge in [0.15, 0.2) is 5.69 Å². The maximum Gasteiger partial charge on any atom is 0.349 e. The summed E-state index contributed by atoms with van der Waals surface area (Å²) >= 11 is 0. The third-order valence-electron chi connectivity index (χ3n) is 5.89. The average Bonchev–Trinajstić information content (AvgIpc) is 3.04. The topological polar surface area (TPSA) is 123 Å². The molecular formula is C20H25N5O4. The van der Waals surface area contributed by atoms with Gasteiger partial charge in [0.2, 0.25) is 0 Å². The normalized spacial score (nSPS) is 17.2. The maximum atomic E-state index is 13.1. The first-order chi connectivity index (χ1) is 13.9. The van der Waals surface area contributed by atoms with Crippen LogP contribution in [0.1, 0.15) is 62.2 Å². The number of amides is 2. The molecule has 2 aromatic heterocycles. The molecule has 0 unspecified atom stereocenters. The molecule has 2 amide bonds. The van der Waals surface area contributed by atoms with Crippen LogP contribution in [0, 0.1) is 6.92 Å². The molecule has 9 heteroatoms. The largest absolute Gasteiger partial charge is 0.427 e. The molecule has 1 fully saturated rings. The minimum Gasteiger partial charge on any atom is -0.427 e. The van der Waals surface area contributed by atoms with Gasteiger partial charge in [0, 0.05) is 37.2 Å². The van der Waals surface area contributed by atoms with Crippen LogP contribution in [-0.4, -0.2) is 46.1 Å². The summed E-state index contributed by atoms with van der Waals surface area (Å²) < 4.78 is 7.18. The Labute approximate surface area is 167 Å². The van der Waals surface area contributed by atoms with E-state index in [1.807, 2.05) is 6.07 Å². The number of piperidine rings is 1. The predicted molar refractivity (Wildman–Crippen MR) is 105 cm³/mol. The highest BCUT2D eigenvalue weighted by molar-refractivity contribution is 5.96. The second-order valence-corrected chi connectivity index (χ2v) is 7.76. The lowest BCUT2D eigenvalue weighted by atomic mass is 9.94. The molecule has 2 aromatic rings. The van der Waals surface area contributed by atoms with E-state index in [2.05, 4.69) is 10.4 Å². The summed E-state index contributed by atoms with van der Waals surface area (Å²) in [6, 6.07) is 1.82. The van der Waals surface area contributed by atoms with E-state index < -0.39 is 17.4 Å². The summed E-state index contributed by atoms with van der Waals surface area (Å²) in [6.07, 6.45) is 2.35.